The van der Waals surface area contributed by atoms with E-state index in [1.165, 1.54) is 42.6 Å². The Morgan fingerprint density at radius 3 is 1.48 bits per heavy atom. The lowest BCUT2D eigenvalue weighted by molar-refractivity contribution is 0.0525. The Balaban J connectivity index is 0.000000197. The summed E-state index contributed by atoms with van der Waals surface area (Å²) in [4.78, 5) is 32.5. The first kappa shape index (κ1) is 47.3. The van der Waals surface area contributed by atoms with Crippen molar-refractivity contribution in [2.45, 2.75) is 34.0 Å². The lowest BCUT2D eigenvalue weighted by Crippen LogP contribution is -2.08. The summed E-state index contributed by atoms with van der Waals surface area (Å²) in [5.74, 6) is -0.190. The molecule has 0 bridgehead atoms. The minimum atomic E-state index is -1.04. The number of hydrogen-bond acceptors (Lipinski definition) is 7. The zero-order chi connectivity index (χ0) is 47.1. The summed E-state index contributed by atoms with van der Waals surface area (Å²) in [5.41, 5.74) is 6.47. The number of carbonyl (C=O) groups is 2. The number of aromatic nitrogens is 4. The Hall–Kier alpha value is -6.70. The SMILES string of the molecule is CCOC(=O)c1ccnc(-n2c(C)ccc2-c2cc(Cl)ccc2OCc2ccc(F)cc2Cl)c1.Cc1ccc(-c2cc(Cl)ccc2OCc2ccc(F)cc2Cl)n1-c1cc(C(=O)O)ccn1. The van der Waals surface area contributed by atoms with Crippen molar-refractivity contribution >= 4 is 58.3 Å². The van der Waals surface area contributed by atoms with E-state index in [0.29, 0.717) is 55.4 Å². The van der Waals surface area contributed by atoms with Crippen LogP contribution in [0, 0.1) is 25.5 Å². The van der Waals surface area contributed by atoms with Gasteiger partial charge < -0.3 is 19.3 Å². The molecule has 0 aliphatic rings. The summed E-state index contributed by atoms with van der Waals surface area (Å²) in [7, 11) is 0. The average Bonchev–Trinajstić information content (AvgIpc) is 3.88. The lowest BCUT2D eigenvalue weighted by Gasteiger charge is -2.16. The molecule has 8 aromatic rings. The van der Waals surface area contributed by atoms with Gasteiger partial charge in [-0.05, 0) is 130 Å². The van der Waals surface area contributed by atoms with Crippen LogP contribution in [0.1, 0.15) is 50.2 Å². The van der Waals surface area contributed by atoms with Crippen LogP contribution >= 0.6 is 46.4 Å². The first-order valence-corrected chi connectivity index (χ1v) is 21.6. The van der Waals surface area contributed by atoms with Gasteiger partial charge in [-0.1, -0.05) is 58.5 Å². The molecule has 0 aliphatic heterocycles. The standard InChI is InChI=1S/C26H21Cl2FN2O3.C24H17Cl2FN2O3/c1-3-33-26(32)17-10-11-30-25(12-17)31-16(2)4-8-23(31)21-13-19(27)6-9-24(21)34-15-18-5-7-20(29)14-22(18)28;1-14-2-6-21(29(14)23-10-15(24(30)31)8-9-28-23)19-11-17(25)4-7-22(19)32-13-16-3-5-18(27)12-20(16)26/h4-14H,3,15H2,1-2H3;2-12H,13H2,1H3,(H,30,31). The van der Waals surface area contributed by atoms with Crippen LogP contribution in [-0.2, 0) is 18.0 Å². The Morgan fingerprint density at radius 1 is 0.591 bits per heavy atom. The molecule has 4 aromatic carbocycles. The maximum atomic E-state index is 13.4. The lowest BCUT2D eigenvalue weighted by atomic mass is 10.1. The van der Waals surface area contributed by atoms with E-state index in [0.717, 1.165) is 28.3 Å². The summed E-state index contributed by atoms with van der Waals surface area (Å²) < 4.78 is 47.7. The van der Waals surface area contributed by atoms with E-state index < -0.39 is 23.6 Å². The molecule has 0 saturated heterocycles. The zero-order valence-electron chi connectivity index (χ0n) is 35.4. The number of aromatic carboxylic acids is 1. The second-order valence-electron chi connectivity index (χ2n) is 14.6. The van der Waals surface area contributed by atoms with Gasteiger partial charge in [0.25, 0.3) is 0 Å². The molecule has 0 fully saturated rings. The van der Waals surface area contributed by atoms with Crippen LogP contribution in [0.25, 0.3) is 34.2 Å². The van der Waals surface area contributed by atoms with Crippen molar-refractivity contribution in [1.29, 1.82) is 0 Å². The number of nitrogens with zero attached hydrogens (tertiary/aromatic N) is 4. The van der Waals surface area contributed by atoms with Crippen LogP contribution in [0.5, 0.6) is 11.5 Å². The van der Waals surface area contributed by atoms with Crippen molar-refractivity contribution in [3.05, 3.63) is 199 Å². The van der Waals surface area contributed by atoms with Gasteiger partial charge in [-0.2, -0.15) is 0 Å². The quantitative estimate of drug-likeness (QED) is 0.114. The maximum Gasteiger partial charge on any atom is 0.338 e. The number of carboxylic acids is 1. The number of pyridine rings is 2. The molecule has 0 spiro atoms. The second kappa shape index (κ2) is 21.1. The van der Waals surface area contributed by atoms with Crippen LogP contribution in [0.2, 0.25) is 20.1 Å². The second-order valence-corrected chi connectivity index (χ2v) is 16.2. The molecule has 0 aliphatic carbocycles. The van der Waals surface area contributed by atoms with Crippen LogP contribution in [-0.4, -0.2) is 42.8 Å². The highest BCUT2D eigenvalue weighted by Gasteiger charge is 2.20. The number of benzene rings is 4. The molecule has 66 heavy (non-hydrogen) atoms. The van der Waals surface area contributed by atoms with Crippen molar-refractivity contribution < 1.29 is 37.7 Å². The van der Waals surface area contributed by atoms with Gasteiger partial charge in [0.05, 0.1) is 39.2 Å². The number of rotatable bonds is 13. The van der Waals surface area contributed by atoms with Crippen LogP contribution in [0.3, 0.4) is 0 Å². The molecule has 10 nitrogen and oxygen atoms in total. The molecule has 336 valence electrons. The summed E-state index contributed by atoms with van der Waals surface area (Å²) in [6, 6.07) is 32.7. The monoisotopic (exact) mass is 968 g/mol. The van der Waals surface area contributed by atoms with E-state index in [4.69, 9.17) is 60.6 Å². The third-order valence-corrected chi connectivity index (χ3v) is 11.3. The first-order chi connectivity index (χ1) is 31.7. The molecule has 16 heteroatoms. The first-order valence-electron chi connectivity index (χ1n) is 20.1. The predicted octanol–water partition coefficient (Wildman–Crippen LogP) is 13.6. The van der Waals surface area contributed by atoms with E-state index in [2.05, 4.69) is 9.97 Å². The summed E-state index contributed by atoms with van der Waals surface area (Å²) in [6.45, 7) is 6.14. The molecule has 0 unspecified atom stereocenters. The number of carboxylic acid groups (broad SMARTS) is 1. The molecule has 1 N–H and O–H groups in total. The average molecular weight is 971 g/mol. The van der Waals surface area contributed by atoms with Gasteiger partial charge in [0.15, 0.2) is 0 Å². The number of carbonyl (C=O) groups excluding carboxylic acids is 1. The maximum absolute atomic E-state index is 13.4. The topological polar surface area (TPSA) is 118 Å². The van der Waals surface area contributed by atoms with Gasteiger partial charge in [0.1, 0.15) is 48.0 Å². The van der Waals surface area contributed by atoms with E-state index in [-0.39, 0.29) is 35.4 Å². The number of halogens is 6. The van der Waals surface area contributed by atoms with Gasteiger partial charge in [0.2, 0.25) is 0 Å². The van der Waals surface area contributed by atoms with Gasteiger partial charge in [-0.15, -0.1) is 0 Å². The molecule has 8 rings (SSSR count). The third-order valence-electron chi connectivity index (χ3n) is 10.1. The molecule has 4 heterocycles. The summed E-state index contributed by atoms with van der Waals surface area (Å²) in [6.07, 6.45) is 3.02. The van der Waals surface area contributed by atoms with Crippen LogP contribution < -0.4 is 9.47 Å². The van der Waals surface area contributed by atoms with Crippen molar-refractivity contribution in [3.8, 4) is 45.6 Å². The zero-order valence-corrected chi connectivity index (χ0v) is 38.4. The van der Waals surface area contributed by atoms with Gasteiger partial charge in [-0.25, -0.2) is 28.3 Å². The Morgan fingerprint density at radius 2 is 1.05 bits per heavy atom. The van der Waals surface area contributed by atoms with E-state index >= 15 is 0 Å². The van der Waals surface area contributed by atoms with Crippen molar-refractivity contribution in [2.75, 3.05) is 6.61 Å². The van der Waals surface area contributed by atoms with E-state index in [1.54, 1.807) is 73.8 Å². The number of hydrogen-bond donors (Lipinski definition) is 1. The highest BCUT2D eigenvalue weighted by atomic mass is 35.5. The fourth-order valence-electron chi connectivity index (χ4n) is 6.91. The van der Waals surface area contributed by atoms with Crippen molar-refractivity contribution in [3.63, 3.8) is 0 Å². The molecule has 0 saturated carbocycles. The van der Waals surface area contributed by atoms with Gasteiger partial charge in [0, 0.05) is 56.1 Å². The highest BCUT2D eigenvalue weighted by Crippen LogP contribution is 2.38. The minimum absolute atomic E-state index is 0.125. The molecule has 0 radical (unpaired) electrons. The molecular formula is C50H38Cl4F2N4O6. The fourth-order valence-corrected chi connectivity index (χ4v) is 7.69. The van der Waals surface area contributed by atoms with E-state index in [9.17, 15) is 23.5 Å². The number of aryl methyl sites for hydroxylation is 2. The molecule has 0 amide bonds. The van der Waals surface area contributed by atoms with Crippen molar-refractivity contribution in [2.24, 2.45) is 0 Å². The van der Waals surface area contributed by atoms with Crippen LogP contribution in [0.15, 0.2) is 134 Å². The Labute approximate surface area is 398 Å². The van der Waals surface area contributed by atoms with E-state index in [1.807, 2.05) is 47.2 Å². The summed E-state index contributed by atoms with van der Waals surface area (Å²) >= 11 is 24.9. The largest absolute Gasteiger partial charge is 0.488 e. The molecule has 0 atom stereocenters. The number of esters is 1. The molecular weight excluding hydrogens is 932 g/mol. The molecule has 4 aromatic heterocycles. The van der Waals surface area contributed by atoms with Gasteiger partial charge in [-0.3, -0.25) is 9.13 Å². The summed E-state index contributed by atoms with van der Waals surface area (Å²) in [5, 5.41) is 10.9. The predicted molar refractivity (Wildman–Crippen MR) is 252 cm³/mol. The van der Waals surface area contributed by atoms with Crippen LogP contribution in [0.4, 0.5) is 8.78 Å². The highest BCUT2D eigenvalue weighted by molar-refractivity contribution is 6.32. The van der Waals surface area contributed by atoms with Gasteiger partial charge >= 0.3 is 11.9 Å². The van der Waals surface area contributed by atoms with Crippen molar-refractivity contribution in [1.82, 2.24) is 19.1 Å². The fraction of sp³-hybridized carbons (Fsp3) is 0.120. The Bertz CT molecular complexity index is 3080. The Kier molecular flexibility index (Phi) is 15.1. The normalized spacial score (nSPS) is 10.9. The smallest absolute Gasteiger partial charge is 0.338 e. The third kappa shape index (κ3) is 11.0. The number of ether oxygens (including phenoxy) is 3. The minimum Gasteiger partial charge on any atom is -0.488 e.